The highest BCUT2D eigenvalue weighted by molar-refractivity contribution is 6.31. The van der Waals surface area contributed by atoms with E-state index in [1.54, 1.807) is 0 Å². The molecule has 2 aromatic rings. The first-order chi connectivity index (χ1) is 7.46. The third kappa shape index (κ3) is 2.59. The van der Waals surface area contributed by atoms with Crippen LogP contribution in [0.25, 0.3) is 10.9 Å². The largest absolute Gasteiger partial charge is 0.347 e. The Bertz CT molecular complexity index is 491. The van der Waals surface area contributed by atoms with Crippen molar-refractivity contribution in [2.75, 3.05) is 0 Å². The number of fused-ring (bicyclic) bond motifs is 1. The van der Waals surface area contributed by atoms with Gasteiger partial charge in [-0.15, -0.1) is 0 Å². The van der Waals surface area contributed by atoms with Crippen molar-refractivity contribution in [2.45, 2.75) is 33.7 Å². The predicted molar refractivity (Wildman–Crippen MR) is 71.0 cm³/mol. The zero-order chi connectivity index (χ0) is 11.8. The Kier molecular flexibility index (Phi) is 2.98. The van der Waals surface area contributed by atoms with Crippen molar-refractivity contribution in [1.82, 2.24) is 4.57 Å². The van der Waals surface area contributed by atoms with Gasteiger partial charge in [0.2, 0.25) is 0 Å². The zero-order valence-electron chi connectivity index (χ0n) is 10.1. The van der Waals surface area contributed by atoms with Crippen LogP contribution in [0, 0.1) is 5.41 Å². The van der Waals surface area contributed by atoms with Crippen molar-refractivity contribution in [2.24, 2.45) is 5.41 Å². The Labute approximate surface area is 102 Å². The molecule has 0 N–H and O–H groups in total. The standard InChI is InChI=1S/C14H18ClN/c1-14(2,3)7-9-16-8-6-11-10-12(15)4-5-13(11)16/h4-6,8,10H,7,9H2,1-3H3. The van der Waals surface area contributed by atoms with Crippen LogP contribution >= 0.6 is 11.6 Å². The lowest BCUT2D eigenvalue weighted by molar-refractivity contribution is 0.353. The van der Waals surface area contributed by atoms with Crippen molar-refractivity contribution in [1.29, 1.82) is 0 Å². The molecule has 86 valence electrons. The van der Waals surface area contributed by atoms with Gasteiger partial charge in [-0.3, -0.25) is 0 Å². The highest BCUT2D eigenvalue weighted by Gasteiger charge is 2.10. The maximum Gasteiger partial charge on any atom is 0.0481 e. The summed E-state index contributed by atoms with van der Waals surface area (Å²) < 4.78 is 2.30. The molecule has 0 amide bonds. The molecule has 0 unspecified atom stereocenters. The molecule has 0 radical (unpaired) electrons. The first kappa shape index (κ1) is 11.5. The van der Waals surface area contributed by atoms with E-state index in [9.17, 15) is 0 Å². The minimum Gasteiger partial charge on any atom is -0.347 e. The molecule has 0 spiro atoms. The quantitative estimate of drug-likeness (QED) is 0.709. The van der Waals surface area contributed by atoms with Gasteiger partial charge in [0, 0.05) is 28.7 Å². The topological polar surface area (TPSA) is 4.93 Å². The van der Waals surface area contributed by atoms with Crippen LogP contribution < -0.4 is 0 Å². The minimum absolute atomic E-state index is 0.378. The first-order valence-electron chi connectivity index (χ1n) is 5.70. The highest BCUT2D eigenvalue weighted by Crippen LogP contribution is 2.24. The molecular weight excluding hydrogens is 218 g/mol. The van der Waals surface area contributed by atoms with Gasteiger partial charge in [0.25, 0.3) is 0 Å². The highest BCUT2D eigenvalue weighted by atomic mass is 35.5. The van der Waals surface area contributed by atoms with E-state index in [4.69, 9.17) is 11.6 Å². The first-order valence-corrected chi connectivity index (χ1v) is 6.08. The van der Waals surface area contributed by atoms with Crippen LogP contribution in [0.1, 0.15) is 27.2 Å². The fourth-order valence-corrected chi connectivity index (χ4v) is 2.00. The van der Waals surface area contributed by atoms with Gasteiger partial charge in [0.1, 0.15) is 0 Å². The lowest BCUT2D eigenvalue weighted by Gasteiger charge is -2.18. The van der Waals surface area contributed by atoms with Crippen LogP contribution in [-0.2, 0) is 6.54 Å². The molecule has 0 aliphatic heterocycles. The van der Waals surface area contributed by atoms with Crippen molar-refractivity contribution in [3.05, 3.63) is 35.5 Å². The third-order valence-electron chi connectivity index (χ3n) is 2.84. The van der Waals surface area contributed by atoms with Crippen LogP contribution in [0.5, 0.6) is 0 Å². The number of benzene rings is 1. The summed E-state index contributed by atoms with van der Waals surface area (Å²) in [5.41, 5.74) is 1.65. The Morgan fingerprint density at radius 3 is 2.62 bits per heavy atom. The monoisotopic (exact) mass is 235 g/mol. The number of aryl methyl sites for hydroxylation is 1. The normalized spacial score (nSPS) is 12.2. The summed E-state index contributed by atoms with van der Waals surface area (Å²) in [5, 5.41) is 2.03. The van der Waals surface area contributed by atoms with E-state index in [0.29, 0.717) is 5.41 Å². The average Bonchev–Trinajstić information content (AvgIpc) is 2.56. The summed E-state index contributed by atoms with van der Waals surface area (Å²) in [6.45, 7) is 7.88. The summed E-state index contributed by atoms with van der Waals surface area (Å²) in [6, 6.07) is 8.20. The summed E-state index contributed by atoms with van der Waals surface area (Å²) >= 11 is 5.97. The van der Waals surface area contributed by atoms with Crippen LogP contribution in [0.15, 0.2) is 30.5 Å². The molecule has 1 nitrogen and oxygen atoms in total. The molecule has 1 aromatic heterocycles. The Balaban J connectivity index is 2.25. The number of aromatic nitrogens is 1. The van der Waals surface area contributed by atoms with Crippen LogP contribution in [0.4, 0.5) is 0 Å². The Morgan fingerprint density at radius 1 is 1.19 bits per heavy atom. The van der Waals surface area contributed by atoms with Gasteiger partial charge >= 0.3 is 0 Å². The fourth-order valence-electron chi connectivity index (χ4n) is 1.82. The van der Waals surface area contributed by atoms with Gasteiger partial charge in [-0.1, -0.05) is 32.4 Å². The molecule has 0 atom stereocenters. The van der Waals surface area contributed by atoms with Gasteiger partial charge in [-0.05, 0) is 36.1 Å². The second-order valence-electron chi connectivity index (χ2n) is 5.52. The van der Waals surface area contributed by atoms with Crippen LogP contribution in [0.3, 0.4) is 0 Å². The molecule has 0 saturated carbocycles. The van der Waals surface area contributed by atoms with E-state index in [1.165, 1.54) is 17.3 Å². The molecule has 0 bridgehead atoms. The van der Waals surface area contributed by atoms with E-state index in [0.717, 1.165) is 11.6 Å². The van der Waals surface area contributed by atoms with E-state index in [2.05, 4.69) is 43.7 Å². The van der Waals surface area contributed by atoms with Crippen molar-refractivity contribution >= 4 is 22.5 Å². The smallest absolute Gasteiger partial charge is 0.0481 e. The number of nitrogens with zero attached hydrogens (tertiary/aromatic N) is 1. The number of rotatable bonds is 2. The molecule has 2 heteroatoms. The molecule has 0 fully saturated rings. The van der Waals surface area contributed by atoms with Crippen molar-refractivity contribution in [3.63, 3.8) is 0 Å². The van der Waals surface area contributed by atoms with Gasteiger partial charge in [-0.25, -0.2) is 0 Å². The fraction of sp³-hybridized carbons (Fsp3) is 0.429. The van der Waals surface area contributed by atoms with Gasteiger partial charge in [0.15, 0.2) is 0 Å². The molecule has 16 heavy (non-hydrogen) atoms. The maximum absolute atomic E-state index is 5.97. The van der Waals surface area contributed by atoms with E-state index in [-0.39, 0.29) is 0 Å². The summed E-state index contributed by atoms with van der Waals surface area (Å²) in [6.07, 6.45) is 3.33. The van der Waals surface area contributed by atoms with Gasteiger partial charge in [-0.2, -0.15) is 0 Å². The van der Waals surface area contributed by atoms with E-state index >= 15 is 0 Å². The number of hydrogen-bond acceptors (Lipinski definition) is 0. The maximum atomic E-state index is 5.97. The zero-order valence-corrected chi connectivity index (χ0v) is 10.9. The summed E-state index contributed by atoms with van der Waals surface area (Å²) in [7, 11) is 0. The molecule has 0 saturated heterocycles. The predicted octanol–water partition coefficient (Wildman–Crippen LogP) is 4.73. The Hall–Kier alpha value is -0.950. The molecule has 0 aliphatic carbocycles. The molecule has 1 aromatic carbocycles. The lowest BCUT2D eigenvalue weighted by atomic mass is 9.92. The lowest BCUT2D eigenvalue weighted by Crippen LogP contribution is -2.09. The number of halogens is 1. The third-order valence-corrected chi connectivity index (χ3v) is 3.07. The van der Waals surface area contributed by atoms with Crippen LogP contribution in [0.2, 0.25) is 5.02 Å². The molecule has 2 rings (SSSR count). The Morgan fingerprint density at radius 2 is 1.94 bits per heavy atom. The molecular formula is C14H18ClN. The summed E-state index contributed by atoms with van der Waals surface area (Å²) in [4.78, 5) is 0. The van der Waals surface area contributed by atoms with E-state index in [1.807, 2.05) is 12.1 Å². The average molecular weight is 236 g/mol. The van der Waals surface area contributed by atoms with Gasteiger partial charge < -0.3 is 4.57 Å². The number of hydrogen-bond donors (Lipinski definition) is 0. The van der Waals surface area contributed by atoms with Crippen molar-refractivity contribution < 1.29 is 0 Å². The minimum atomic E-state index is 0.378. The second kappa shape index (κ2) is 4.14. The van der Waals surface area contributed by atoms with Crippen molar-refractivity contribution in [3.8, 4) is 0 Å². The van der Waals surface area contributed by atoms with Gasteiger partial charge in [0.05, 0.1) is 0 Å². The SMILES string of the molecule is CC(C)(C)CCn1ccc2cc(Cl)ccc21. The van der Waals surface area contributed by atoms with E-state index < -0.39 is 0 Å². The van der Waals surface area contributed by atoms with Crippen LogP contribution in [-0.4, -0.2) is 4.57 Å². The second-order valence-corrected chi connectivity index (χ2v) is 5.96. The molecule has 1 heterocycles. The summed E-state index contributed by atoms with van der Waals surface area (Å²) in [5.74, 6) is 0. The molecule has 0 aliphatic rings.